The molecule has 3 heterocycles. The molecule has 3 saturated heterocycles. The van der Waals surface area contributed by atoms with Gasteiger partial charge in [-0.15, -0.1) is 0 Å². The summed E-state index contributed by atoms with van der Waals surface area (Å²) in [6.45, 7) is 7.61. The van der Waals surface area contributed by atoms with Crippen LogP contribution in [-0.2, 0) is 11.3 Å². The molecule has 2 bridgehead atoms. The Morgan fingerprint density at radius 3 is 2.50 bits per heavy atom. The van der Waals surface area contributed by atoms with Crippen LogP contribution in [0.2, 0.25) is 0 Å². The van der Waals surface area contributed by atoms with Gasteiger partial charge in [-0.25, -0.2) is 0 Å². The first-order chi connectivity index (χ1) is 11.4. The highest BCUT2D eigenvalue weighted by molar-refractivity contribution is 5.88. The molecule has 0 aromatic heterocycles. The SMILES string of the molecule is CC(C)(O)CN(Cc1ccccc1)C(=O)/C=C1/CN2CCC1CC2. The number of carbonyl (C=O) groups excluding carboxylic acids is 1. The second-order valence-corrected chi connectivity index (χ2v) is 7.76. The van der Waals surface area contributed by atoms with E-state index in [1.54, 1.807) is 18.7 Å². The summed E-state index contributed by atoms with van der Waals surface area (Å²) < 4.78 is 0. The number of hydrogen-bond donors (Lipinski definition) is 1. The van der Waals surface area contributed by atoms with E-state index in [0.29, 0.717) is 19.0 Å². The molecule has 0 saturated carbocycles. The maximum Gasteiger partial charge on any atom is 0.246 e. The summed E-state index contributed by atoms with van der Waals surface area (Å²) in [6, 6.07) is 9.97. The van der Waals surface area contributed by atoms with Crippen molar-refractivity contribution in [2.24, 2.45) is 5.92 Å². The van der Waals surface area contributed by atoms with Crippen molar-refractivity contribution in [1.82, 2.24) is 9.80 Å². The molecule has 4 heteroatoms. The summed E-state index contributed by atoms with van der Waals surface area (Å²) in [6.07, 6.45) is 4.18. The Balaban J connectivity index is 1.75. The van der Waals surface area contributed by atoms with E-state index in [0.717, 1.165) is 25.2 Å². The number of hydrogen-bond acceptors (Lipinski definition) is 3. The summed E-state index contributed by atoms with van der Waals surface area (Å²) in [5.41, 5.74) is 1.45. The summed E-state index contributed by atoms with van der Waals surface area (Å²) >= 11 is 0. The summed E-state index contributed by atoms with van der Waals surface area (Å²) in [7, 11) is 0. The molecule has 0 spiro atoms. The lowest BCUT2D eigenvalue weighted by Gasteiger charge is -2.41. The van der Waals surface area contributed by atoms with Gasteiger partial charge in [0.2, 0.25) is 5.91 Å². The Bertz CT molecular complexity index is 596. The lowest BCUT2D eigenvalue weighted by atomic mass is 9.83. The monoisotopic (exact) mass is 328 g/mol. The normalized spacial score (nSPS) is 25.0. The van der Waals surface area contributed by atoms with Gasteiger partial charge >= 0.3 is 0 Å². The minimum Gasteiger partial charge on any atom is -0.389 e. The van der Waals surface area contributed by atoms with Gasteiger partial charge in [0.25, 0.3) is 0 Å². The highest BCUT2D eigenvalue weighted by atomic mass is 16.3. The first kappa shape index (κ1) is 17.2. The smallest absolute Gasteiger partial charge is 0.246 e. The number of nitrogens with zero attached hydrogens (tertiary/aromatic N) is 2. The third-order valence-corrected chi connectivity index (χ3v) is 4.93. The number of amides is 1. The van der Waals surface area contributed by atoms with E-state index in [1.165, 1.54) is 18.4 Å². The third-order valence-electron chi connectivity index (χ3n) is 4.93. The molecule has 3 aliphatic heterocycles. The minimum atomic E-state index is -0.905. The fraction of sp³-hybridized carbons (Fsp3) is 0.550. The molecule has 4 rings (SSSR count). The van der Waals surface area contributed by atoms with E-state index in [2.05, 4.69) is 4.90 Å². The van der Waals surface area contributed by atoms with Crippen LogP contribution in [-0.4, -0.2) is 52.6 Å². The number of carbonyl (C=O) groups is 1. The average Bonchev–Trinajstić information content (AvgIpc) is 2.55. The van der Waals surface area contributed by atoms with Crippen LogP contribution in [0.25, 0.3) is 0 Å². The highest BCUT2D eigenvalue weighted by Gasteiger charge is 2.30. The van der Waals surface area contributed by atoms with Crippen molar-refractivity contribution in [2.45, 2.75) is 38.8 Å². The minimum absolute atomic E-state index is 0.0183. The number of aliphatic hydroxyl groups is 1. The molecule has 0 unspecified atom stereocenters. The topological polar surface area (TPSA) is 43.8 Å². The molecule has 0 radical (unpaired) electrons. The van der Waals surface area contributed by atoms with Gasteiger partial charge in [-0.1, -0.05) is 30.3 Å². The maximum absolute atomic E-state index is 12.9. The molecule has 0 aliphatic carbocycles. The number of fused-ring (bicyclic) bond motifs is 3. The molecular formula is C20H28N2O2. The van der Waals surface area contributed by atoms with Crippen molar-refractivity contribution in [3.05, 3.63) is 47.5 Å². The summed E-state index contributed by atoms with van der Waals surface area (Å²) in [4.78, 5) is 17.1. The Morgan fingerprint density at radius 2 is 1.96 bits per heavy atom. The van der Waals surface area contributed by atoms with E-state index < -0.39 is 5.60 Å². The lowest BCUT2D eigenvalue weighted by molar-refractivity contribution is -0.129. The molecule has 1 amide bonds. The summed E-state index contributed by atoms with van der Waals surface area (Å²) in [5.74, 6) is 0.587. The van der Waals surface area contributed by atoms with E-state index in [9.17, 15) is 9.90 Å². The predicted molar refractivity (Wildman–Crippen MR) is 95.4 cm³/mol. The van der Waals surface area contributed by atoms with Crippen LogP contribution in [0.5, 0.6) is 0 Å². The van der Waals surface area contributed by atoms with Gasteiger partial charge in [-0.05, 0) is 56.8 Å². The van der Waals surface area contributed by atoms with Gasteiger partial charge in [0.1, 0.15) is 0 Å². The molecular weight excluding hydrogens is 300 g/mol. The number of rotatable bonds is 5. The Kier molecular flexibility index (Phi) is 5.07. The van der Waals surface area contributed by atoms with Crippen molar-refractivity contribution >= 4 is 5.91 Å². The fourth-order valence-electron chi connectivity index (χ4n) is 3.75. The Labute approximate surface area is 144 Å². The van der Waals surface area contributed by atoms with Crippen LogP contribution in [0.1, 0.15) is 32.3 Å². The van der Waals surface area contributed by atoms with Crippen molar-refractivity contribution in [2.75, 3.05) is 26.2 Å². The van der Waals surface area contributed by atoms with Crippen molar-refractivity contribution in [3.63, 3.8) is 0 Å². The first-order valence-electron chi connectivity index (χ1n) is 8.89. The lowest BCUT2D eigenvalue weighted by Crippen LogP contribution is -2.44. The van der Waals surface area contributed by atoms with Crippen LogP contribution < -0.4 is 0 Å². The zero-order chi connectivity index (χ0) is 17.2. The first-order valence-corrected chi connectivity index (χ1v) is 8.89. The zero-order valence-electron chi connectivity index (χ0n) is 14.7. The standard InChI is InChI=1S/C20H28N2O2/c1-20(2,24)15-22(13-16-6-4-3-5-7-16)19(23)12-18-14-21-10-8-17(18)9-11-21/h3-7,12,17,24H,8-11,13-15H2,1-2H3/b18-12-. The van der Waals surface area contributed by atoms with Crippen molar-refractivity contribution < 1.29 is 9.90 Å². The van der Waals surface area contributed by atoms with Crippen LogP contribution in [0.3, 0.4) is 0 Å². The fourth-order valence-corrected chi connectivity index (χ4v) is 3.75. The van der Waals surface area contributed by atoms with Gasteiger partial charge in [0.15, 0.2) is 0 Å². The van der Waals surface area contributed by atoms with E-state index >= 15 is 0 Å². The Morgan fingerprint density at radius 1 is 1.29 bits per heavy atom. The van der Waals surface area contributed by atoms with E-state index in [-0.39, 0.29) is 5.91 Å². The van der Waals surface area contributed by atoms with Crippen LogP contribution in [0.15, 0.2) is 42.0 Å². The maximum atomic E-state index is 12.9. The van der Waals surface area contributed by atoms with Crippen LogP contribution in [0.4, 0.5) is 0 Å². The van der Waals surface area contributed by atoms with Gasteiger partial charge in [-0.2, -0.15) is 0 Å². The Hall–Kier alpha value is -1.65. The van der Waals surface area contributed by atoms with E-state index in [4.69, 9.17) is 0 Å². The van der Waals surface area contributed by atoms with Gasteiger partial charge in [-0.3, -0.25) is 9.69 Å². The highest BCUT2D eigenvalue weighted by Crippen LogP contribution is 2.31. The molecule has 3 fully saturated rings. The van der Waals surface area contributed by atoms with Gasteiger partial charge < -0.3 is 10.0 Å². The molecule has 1 aromatic carbocycles. The second-order valence-electron chi connectivity index (χ2n) is 7.76. The molecule has 3 aliphatic rings. The number of piperidine rings is 3. The average molecular weight is 328 g/mol. The summed E-state index contributed by atoms with van der Waals surface area (Å²) in [5, 5.41) is 10.2. The van der Waals surface area contributed by atoms with Crippen molar-refractivity contribution in [3.8, 4) is 0 Å². The predicted octanol–water partition coefficient (Wildman–Crippen LogP) is 2.44. The molecule has 24 heavy (non-hydrogen) atoms. The quantitative estimate of drug-likeness (QED) is 0.844. The van der Waals surface area contributed by atoms with Gasteiger partial charge in [0.05, 0.1) is 5.60 Å². The van der Waals surface area contributed by atoms with Crippen LogP contribution in [0, 0.1) is 5.92 Å². The molecule has 4 nitrogen and oxygen atoms in total. The number of benzene rings is 1. The molecule has 1 N–H and O–H groups in total. The third kappa shape index (κ3) is 4.46. The molecule has 1 aromatic rings. The van der Waals surface area contributed by atoms with E-state index in [1.807, 2.05) is 36.4 Å². The molecule has 130 valence electrons. The molecule has 0 atom stereocenters. The van der Waals surface area contributed by atoms with Crippen LogP contribution >= 0.6 is 0 Å². The zero-order valence-corrected chi connectivity index (χ0v) is 14.7. The van der Waals surface area contributed by atoms with Crippen molar-refractivity contribution in [1.29, 1.82) is 0 Å². The largest absolute Gasteiger partial charge is 0.389 e. The van der Waals surface area contributed by atoms with Gasteiger partial charge in [0, 0.05) is 25.7 Å². The second kappa shape index (κ2) is 7.08.